The van der Waals surface area contributed by atoms with E-state index in [1.807, 2.05) is 0 Å². The molecule has 0 spiro atoms. The summed E-state index contributed by atoms with van der Waals surface area (Å²) >= 11 is 3.09. The number of unbranched alkanes of at least 4 members (excludes halogenated alkanes) is 2. The molecule has 80 valence electrons. The van der Waals surface area contributed by atoms with E-state index in [4.69, 9.17) is 8.37 Å². The van der Waals surface area contributed by atoms with E-state index in [-0.39, 0.29) is 0 Å². The van der Waals surface area contributed by atoms with Crippen molar-refractivity contribution in [2.24, 2.45) is 0 Å². The molecule has 13 heavy (non-hydrogen) atoms. The highest BCUT2D eigenvalue weighted by Crippen LogP contribution is 2.06. The monoisotopic (exact) mass is 224 g/mol. The lowest BCUT2D eigenvalue weighted by molar-refractivity contribution is 0.326. The van der Waals surface area contributed by atoms with Gasteiger partial charge in [-0.1, -0.05) is 13.8 Å². The second-order valence-corrected chi connectivity index (χ2v) is 4.62. The van der Waals surface area contributed by atoms with Crippen molar-refractivity contribution in [2.45, 2.75) is 33.1 Å². The minimum Gasteiger partial charge on any atom is -0.315 e. The quantitative estimate of drug-likeness (QED) is 0.417. The van der Waals surface area contributed by atoms with Crippen LogP contribution >= 0.6 is 24.1 Å². The summed E-state index contributed by atoms with van der Waals surface area (Å²) in [5.41, 5.74) is 0. The minimum atomic E-state index is 0.874. The summed E-state index contributed by atoms with van der Waals surface area (Å²) in [6.07, 6.45) is 3.49. The Hall–Kier alpha value is 0.620. The predicted molar refractivity (Wildman–Crippen MR) is 62.0 cm³/mol. The van der Waals surface area contributed by atoms with Gasteiger partial charge in [-0.25, -0.2) is 0 Å². The molecule has 0 saturated heterocycles. The predicted octanol–water partition coefficient (Wildman–Crippen LogP) is 3.53. The van der Waals surface area contributed by atoms with Gasteiger partial charge in [0.2, 0.25) is 0 Å². The van der Waals surface area contributed by atoms with Crippen LogP contribution in [0.15, 0.2) is 0 Å². The first-order chi connectivity index (χ1) is 6.41. The number of hydrogen-bond acceptors (Lipinski definition) is 4. The van der Waals surface area contributed by atoms with Crippen molar-refractivity contribution in [2.75, 3.05) is 24.7 Å². The number of rotatable bonds is 10. The van der Waals surface area contributed by atoms with Gasteiger partial charge in [0.05, 0.1) is 13.2 Å². The molecule has 0 radical (unpaired) electrons. The van der Waals surface area contributed by atoms with Gasteiger partial charge in [-0.15, -0.1) is 0 Å². The fourth-order valence-corrected chi connectivity index (χ4v) is 1.59. The molecule has 2 nitrogen and oxygen atoms in total. The van der Waals surface area contributed by atoms with Crippen molar-refractivity contribution in [1.29, 1.82) is 0 Å². The first kappa shape index (κ1) is 13.6. The maximum Gasteiger partial charge on any atom is 0.0613 e. The average Bonchev–Trinajstić information content (AvgIpc) is 2.16. The third-order valence-corrected chi connectivity index (χ3v) is 2.50. The summed E-state index contributed by atoms with van der Waals surface area (Å²) in [6.45, 7) is 5.94. The van der Waals surface area contributed by atoms with Gasteiger partial charge in [-0.2, -0.15) is 0 Å². The Morgan fingerprint density at radius 3 is 1.62 bits per heavy atom. The van der Waals surface area contributed by atoms with E-state index in [0.717, 1.165) is 37.6 Å². The Morgan fingerprint density at radius 2 is 1.23 bits per heavy atom. The summed E-state index contributed by atoms with van der Waals surface area (Å²) in [5.74, 6) is 2.08. The maximum absolute atomic E-state index is 5.28. The molecule has 0 bridgehead atoms. The molecule has 0 aliphatic carbocycles. The Kier molecular flexibility index (Phi) is 13.2. The van der Waals surface area contributed by atoms with Crippen molar-refractivity contribution in [3.05, 3.63) is 0 Å². The van der Waals surface area contributed by atoms with Gasteiger partial charge in [-0.05, 0) is 43.3 Å². The van der Waals surface area contributed by atoms with Crippen molar-refractivity contribution >= 4 is 24.1 Å². The molecule has 4 heteroatoms. The summed E-state index contributed by atoms with van der Waals surface area (Å²) in [4.78, 5) is 0. The van der Waals surface area contributed by atoms with Crippen LogP contribution in [-0.4, -0.2) is 24.7 Å². The van der Waals surface area contributed by atoms with Crippen molar-refractivity contribution < 1.29 is 8.37 Å². The zero-order valence-electron chi connectivity index (χ0n) is 8.58. The molecular weight excluding hydrogens is 204 g/mol. The highest BCUT2D eigenvalue weighted by Gasteiger charge is 1.91. The zero-order chi connectivity index (χ0) is 9.78. The molecule has 0 unspecified atom stereocenters. The third kappa shape index (κ3) is 12.6. The Bertz CT molecular complexity index is 81.7. The van der Waals surface area contributed by atoms with Gasteiger partial charge in [-0.3, -0.25) is 0 Å². The molecule has 0 fully saturated rings. The van der Waals surface area contributed by atoms with Gasteiger partial charge in [0, 0.05) is 11.5 Å². The zero-order valence-corrected chi connectivity index (χ0v) is 10.2. The van der Waals surface area contributed by atoms with Gasteiger partial charge in [0.15, 0.2) is 0 Å². The van der Waals surface area contributed by atoms with E-state index in [1.54, 1.807) is 24.1 Å². The van der Waals surface area contributed by atoms with Crippen LogP contribution in [0.1, 0.15) is 33.1 Å². The topological polar surface area (TPSA) is 18.5 Å². The van der Waals surface area contributed by atoms with Crippen molar-refractivity contribution in [3.8, 4) is 0 Å². The van der Waals surface area contributed by atoms with Crippen LogP contribution in [0.3, 0.4) is 0 Å². The number of hydrogen-bond donors (Lipinski definition) is 0. The fraction of sp³-hybridized carbons (Fsp3) is 1.00. The Balaban J connectivity index is 2.76. The lowest BCUT2D eigenvalue weighted by Gasteiger charge is -2.01. The molecule has 0 amide bonds. The second kappa shape index (κ2) is 12.6. The van der Waals surface area contributed by atoms with E-state index < -0.39 is 0 Å². The van der Waals surface area contributed by atoms with Crippen LogP contribution in [0, 0.1) is 0 Å². The van der Waals surface area contributed by atoms with E-state index >= 15 is 0 Å². The summed E-state index contributed by atoms with van der Waals surface area (Å²) in [5, 5.41) is 0. The smallest absolute Gasteiger partial charge is 0.0613 e. The molecule has 0 N–H and O–H groups in total. The van der Waals surface area contributed by atoms with Crippen LogP contribution in [0.4, 0.5) is 0 Å². The fourth-order valence-electron chi connectivity index (χ4n) is 0.783. The summed E-state index contributed by atoms with van der Waals surface area (Å²) < 4.78 is 10.6. The SMILES string of the molecule is CCSOCCCCCOSCC. The third-order valence-electron chi connectivity index (χ3n) is 1.36. The molecule has 0 aromatic heterocycles. The molecule has 0 aromatic carbocycles. The highest BCUT2D eigenvalue weighted by atomic mass is 32.2. The van der Waals surface area contributed by atoms with Crippen LogP contribution in [-0.2, 0) is 8.37 Å². The van der Waals surface area contributed by atoms with Gasteiger partial charge in [0.25, 0.3) is 0 Å². The molecular formula is C9H20O2S2. The molecule has 0 heterocycles. The lowest BCUT2D eigenvalue weighted by Crippen LogP contribution is -1.91. The first-order valence-electron chi connectivity index (χ1n) is 4.90. The van der Waals surface area contributed by atoms with E-state index in [2.05, 4.69) is 13.8 Å². The minimum absolute atomic E-state index is 0.874. The van der Waals surface area contributed by atoms with E-state index in [0.29, 0.717) is 0 Å². The molecule has 0 aliphatic heterocycles. The van der Waals surface area contributed by atoms with Crippen molar-refractivity contribution in [3.63, 3.8) is 0 Å². The summed E-state index contributed by atoms with van der Waals surface area (Å²) in [6, 6.07) is 0. The van der Waals surface area contributed by atoms with Crippen LogP contribution in [0.2, 0.25) is 0 Å². The van der Waals surface area contributed by atoms with Crippen LogP contribution < -0.4 is 0 Å². The lowest BCUT2D eigenvalue weighted by atomic mass is 10.2. The second-order valence-electron chi connectivity index (χ2n) is 2.52. The van der Waals surface area contributed by atoms with Crippen molar-refractivity contribution in [1.82, 2.24) is 0 Å². The maximum atomic E-state index is 5.28. The van der Waals surface area contributed by atoms with E-state index in [9.17, 15) is 0 Å². The Morgan fingerprint density at radius 1 is 0.769 bits per heavy atom. The molecule has 0 rings (SSSR count). The van der Waals surface area contributed by atoms with Gasteiger partial charge in [0.1, 0.15) is 0 Å². The van der Waals surface area contributed by atoms with E-state index in [1.165, 1.54) is 6.42 Å². The van der Waals surface area contributed by atoms with Gasteiger partial charge >= 0.3 is 0 Å². The average molecular weight is 224 g/mol. The Labute approximate surface area is 90.6 Å². The normalized spacial score (nSPS) is 10.6. The van der Waals surface area contributed by atoms with Crippen LogP contribution in [0.25, 0.3) is 0 Å². The first-order valence-corrected chi connectivity index (χ1v) is 6.72. The standard InChI is InChI=1S/C9H20O2S2/c1-3-12-10-8-6-5-7-9-11-13-4-2/h3-9H2,1-2H3. The summed E-state index contributed by atoms with van der Waals surface area (Å²) in [7, 11) is 0. The van der Waals surface area contributed by atoms with Crippen LogP contribution in [0.5, 0.6) is 0 Å². The molecule has 0 aliphatic rings. The molecule has 0 atom stereocenters. The molecule has 0 saturated carbocycles. The highest BCUT2D eigenvalue weighted by molar-refractivity contribution is 7.94. The molecule has 0 aromatic rings. The van der Waals surface area contributed by atoms with Gasteiger partial charge < -0.3 is 8.37 Å². The largest absolute Gasteiger partial charge is 0.315 e.